The molecule has 0 aliphatic carbocycles. The van der Waals surface area contributed by atoms with Crippen LogP contribution >= 0.6 is 0 Å². The molecule has 8 nitrogen and oxygen atoms in total. The summed E-state index contributed by atoms with van der Waals surface area (Å²) in [4.78, 5) is 13.3. The molecule has 0 unspecified atom stereocenters. The molecule has 26 heavy (non-hydrogen) atoms. The van der Waals surface area contributed by atoms with Crippen molar-refractivity contribution in [1.82, 2.24) is 24.4 Å². The maximum Gasteiger partial charge on any atom is 0.244 e. The summed E-state index contributed by atoms with van der Waals surface area (Å²) >= 11 is 0. The minimum atomic E-state index is -3.57. The van der Waals surface area contributed by atoms with Crippen molar-refractivity contribution < 1.29 is 8.42 Å². The number of pyridine rings is 1. The Morgan fingerprint density at radius 1 is 1.00 bits per heavy atom. The fourth-order valence-electron chi connectivity index (χ4n) is 3.38. The standard InChI is InChI=1S/C17H30N6O2S/c1-20-7-11-22(12-8-20)6-5-19-26(24,25)17-15-18-4-3-16(17)23-13-9-21(2)10-14-23/h3-4,15,19H,5-14H2,1-2H3. The van der Waals surface area contributed by atoms with Crippen LogP contribution in [0.15, 0.2) is 23.4 Å². The molecule has 2 fully saturated rings. The fraction of sp³-hybridized carbons (Fsp3) is 0.706. The zero-order chi connectivity index (χ0) is 18.6. The van der Waals surface area contributed by atoms with E-state index in [-0.39, 0.29) is 4.90 Å². The van der Waals surface area contributed by atoms with Gasteiger partial charge in [-0.05, 0) is 20.2 Å². The molecular formula is C17H30N6O2S. The second-order valence-corrected chi connectivity index (χ2v) is 8.91. The molecule has 0 bridgehead atoms. The van der Waals surface area contributed by atoms with Crippen molar-refractivity contribution in [2.75, 3.05) is 84.4 Å². The molecule has 3 heterocycles. The van der Waals surface area contributed by atoms with E-state index < -0.39 is 10.0 Å². The van der Waals surface area contributed by atoms with E-state index in [0.29, 0.717) is 6.54 Å². The quantitative estimate of drug-likeness (QED) is 0.702. The highest BCUT2D eigenvalue weighted by Crippen LogP contribution is 2.24. The van der Waals surface area contributed by atoms with Crippen molar-refractivity contribution in [3.63, 3.8) is 0 Å². The van der Waals surface area contributed by atoms with E-state index >= 15 is 0 Å². The van der Waals surface area contributed by atoms with E-state index in [1.807, 2.05) is 0 Å². The smallest absolute Gasteiger partial charge is 0.244 e. The summed E-state index contributed by atoms with van der Waals surface area (Å²) in [6.07, 6.45) is 3.13. The molecule has 0 amide bonds. The first kappa shape index (κ1) is 19.5. The van der Waals surface area contributed by atoms with Crippen LogP contribution in [-0.4, -0.2) is 108 Å². The number of rotatable bonds is 6. The average molecular weight is 383 g/mol. The van der Waals surface area contributed by atoms with Gasteiger partial charge in [0.25, 0.3) is 0 Å². The predicted molar refractivity (Wildman–Crippen MR) is 103 cm³/mol. The van der Waals surface area contributed by atoms with Gasteiger partial charge in [-0.15, -0.1) is 0 Å². The van der Waals surface area contributed by atoms with Crippen LogP contribution in [0.2, 0.25) is 0 Å². The number of nitrogens with zero attached hydrogens (tertiary/aromatic N) is 5. The molecule has 146 valence electrons. The van der Waals surface area contributed by atoms with Crippen LogP contribution in [-0.2, 0) is 10.0 Å². The normalized spacial score (nSPS) is 21.2. The van der Waals surface area contributed by atoms with Crippen molar-refractivity contribution in [1.29, 1.82) is 0 Å². The number of piperazine rings is 2. The largest absolute Gasteiger partial charge is 0.368 e. The molecule has 2 saturated heterocycles. The zero-order valence-electron chi connectivity index (χ0n) is 15.8. The SMILES string of the molecule is CN1CCN(CCNS(=O)(=O)c2cnccc2N2CCN(C)CC2)CC1. The Kier molecular flexibility index (Phi) is 6.46. The maximum atomic E-state index is 12.8. The molecule has 2 aliphatic rings. The van der Waals surface area contributed by atoms with Gasteiger partial charge in [-0.25, -0.2) is 13.1 Å². The first-order valence-electron chi connectivity index (χ1n) is 9.24. The van der Waals surface area contributed by atoms with Gasteiger partial charge in [-0.3, -0.25) is 9.88 Å². The minimum Gasteiger partial charge on any atom is -0.368 e. The summed E-state index contributed by atoms with van der Waals surface area (Å²) < 4.78 is 28.4. The molecule has 0 radical (unpaired) electrons. The number of likely N-dealkylation sites (N-methyl/N-ethyl adjacent to an activating group) is 2. The Labute approximate surface area is 156 Å². The van der Waals surface area contributed by atoms with Crippen molar-refractivity contribution >= 4 is 15.7 Å². The molecule has 1 N–H and O–H groups in total. The number of anilines is 1. The summed E-state index contributed by atoms with van der Waals surface area (Å²) in [6.45, 7) is 8.69. The van der Waals surface area contributed by atoms with E-state index in [0.717, 1.165) is 64.6 Å². The van der Waals surface area contributed by atoms with Gasteiger partial charge < -0.3 is 14.7 Å². The summed E-state index contributed by atoms with van der Waals surface area (Å²) in [7, 11) is 0.628. The highest BCUT2D eigenvalue weighted by molar-refractivity contribution is 7.89. The molecule has 3 rings (SSSR count). The number of sulfonamides is 1. The lowest BCUT2D eigenvalue weighted by molar-refractivity contribution is 0.156. The van der Waals surface area contributed by atoms with Crippen molar-refractivity contribution in [3.8, 4) is 0 Å². The topological polar surface area (TPSA) is 72.0 Å². The third-order valence-electron chi connectivity index (χ3n) is 5.21. The van der Waals surface area contributed by atoms with Gasteiger partial charge in [0.1, 0.15) is 4.90 Å². The van der Waals surface area contributed by atoms with Crippen LogP contribution in [0, 0.1) is 0 Å². The summed E-state index contributed by atoms with van der Waals surface area (Å²) in [5, 5.41) is 0. The molecule has 0 atom stereocenters. The Morgan fingerprint density at radius 3 is 2.27 bits per heavy atom. The lowest BCUT2D eigenvalue weighted by atomic mass is 10.3. The maximum absolute atomic E-state index is 12.8. The molecule has 0 spiro atoms. The summed E-state index contributed by atoms with van der Waals surface area (Å²) in [5.41, 5.74) is 0.750. The minimum absolute atomic E-state index is 0.280. The number of nitrogens with one attached hydrogen (secondary N) is 1. The average Bonchev–Trinajstić information content (AvgIpc) is 2.64. The molecule has 2 aliphatic heterocycles. The van der Waals surface area contributed by atoms with E-state index in [1.54, 1.807) is 12.3 Å². The Bertz CT molecular complexity index is 682. The van der Waals surface area contributed by atoms with Crippen LogP contribution in [0.3, 0.4) is 0 Å². The summed E-state index contributed by atoms with van der Waals surface area (Å²) in [6, 6.07) is 1.81. The van der Waals surface area contributed by atoms with Gasteiger partial charge in [-0.1, -0.05) is 0 Å². The molecule has 1 aromatic rings. The van der Waals surface area contributed by atoms with Crippen molar-refractivity contribution in [2.45, 2.75) is 4.90 Å². The van der Waals surface area contributed by atoms with Crippen LogP contribution in [0.1, 0.15) is 0 Å². The Balaban J connectivity index is 1.62. The molecule has 0 aromatic carbocycles. The first-order valence-corrected chi connectivity index (χ1v) is 10.7. The van der Waals surface area contributed by atoms with Crippen molar-refractivity contribution in [3.05, 3.63) is 18.5 Å². The Hall–Kier alpha value is -1.26. The lowest BCUT2D eigenvalue weighted by Gasteiger charge is -2.35. The van der Waals surface area contributed by atoms with Crippen LogP contribution in [0.5, 0.6) is 0 Å². The molecule has 9 heteroatoms. The van der Waals surface area contributed by atoms with Gasteiger partial charge in [0.05, 0.1) is 5.69 Å². The van der Waals surface area contributed by atoms with E-state index in [4.69, 9.17) is 0 Å². The monoisotopic (exact) mass is 382 g/mol. The molecule has 0 saturated carbocycles. The fourth-order valence-corrected chi connectivity index (χ4v) is 4.56. The van der Waals surface area contributed by atoms with Crippen LogP contribution in [0.4, 0.5) is 5.69 Å². The first-order chi connectivity index (χ1) is 12.5. The predicted octanol–water partition coefficient (Wildman–Crippen LogP) is -0.641. The van der Waals surface area contributed by atoms with E-state index in [2.05, 4.69) is 43.4 Å². The number of aromatic nitrogens is 1. The lowest BCUT2D eigenvalue weighted by Crippen LogP contribution is -2.47. The summed E-state index contributed by atoms with van der Waals surface area (Å²) in [5.74, 6) is 0. The Morgan fingerprint density at radius 2 is 1.62 bits per heavy atom. The van der Waals surface area contributed by atoms with Gasteiger partial charge >= 0.3 is 0 Å². The molecule has 1 aromatic heterocycles. The second kappa shape index (κ2) is 8.62. The van der Waals surface area contributed by atoms with Gasteiger partial charge in [0, 0.05) is 77.8 Å². The molecular weight excluding hydrogens is 352 g/mol. The van der Waals surface area contributed by atoms with Crippen LogP contribution < -0.4 is 9.62 Å². The zero-order valence-corrected chi connectivity index (χ0v) is 16.6. The van der Waals surface area contributed by atoms with Gasteiger partial charge in [0.2, 0.25) is 10.0 Å². The van der Waals surface area contributed by atoms with Crippen LogP contribution in [0.25, 0.3) is 0 Å². The second-order valence-electron chi connectivity index (χ2n) is 7.18. The highest BCUT2D eigenvalue weighted by Gasteiger charge is 2.24. The third kappa shape index (κ3) is 4.92. The van der Waals surface area contributed by atoms with E-state index in [9.17, 15) is 8.42 Å². The number of hydrogen-bond acceptors (Lipinski definition) is 7. The van der Waals surface area contributed by atoms with Gasteiger partial charge in [0.15, 0.2) is 0 Å². The van der Waals surface area contributed by atoms with E-state index in [1.165, 1.54) is 6.20 Å². The van der Waals surface area contributed by atoms with Gasteiger partial charge in [-0.2, -0.15) is 0 Å². The van der Waals surface area contributed by atoms with Crippen molar-refractivity contribution in [2.24, 2.45) is 0 Å². The highest BCUT2D eigenvalue weighted by atomic mass is 32.2. The third-order valence-corrected chi connectivity index (χ3v) is 6.69. The number of hydrogen-bond donors (Lipinski definition) is 1.